The van der Waals surface area contributed by atoms with Gasteiger partial charge in [-0.2, -0.15) is 0 Å². The first-order chi connectivity index (χ1) is 9.65. The van der Waals surface area contributed by atoms with Crippen LogP contribution in [0.4, 0.5) is 0 Å². The molecule has 4 heteroatoms. The molecule has 1 saturated heterocycles. The quantitative estimate of drug-likeness (QED) is 0.833. The zero-order valence-electron chi connectivity index (χ0n) is 12.8. The smallest absolute Gasteiger partial charge is 0.142 e. The number of hydrogen-bond donors (Lipinski definition) is 1. The summed E-state index contributed by atoms with van der Waals surface area (Å²) in [6.07, 6.45) is 3.69. The average Bonchev–Trinajstić information content (AvgIpc) is 2.91. The van der Waals surface area contributed by atoms with E-state index in [1.165, 1.54) is 6.42 Å². The Balaban J connectivity index is 1.88. The summed E-state index contributed by atoms with van der Waals surface area (Å²) in [5.74, 6) is 0.891. The Morgan fingerprint density at radius 3 is 3.00 bits per heavy atom. The Hall–Kier alpha value is -1.13. The zero-order valence-corrected chi connectivity index (χ0v) is 12.8. The molecule has 2 rings (SSSR count). The fourth-order valence-corrected chi connectivity index (χ4v) is 2.33. The molecule has 112 valence electrons. The first kappa shape index (κ1) is 15.3. The van der Waals surface area contributed by atoms with Crippen LogP contribution in [0.25, 0.3) is 0 Å². The van der Waals surface area contributed by atoms with Crippen molar-refractivity contribution in [3.8, 4) is 5.75 Å². The molecule has 1 aliphatic heterocycles. The highest BCUT2D eigenvalue weighted by Gasteiger charge is 2.15. The number of hydrogen-bond acceptors (Lipinski definition) is 4. The van der Waals surface area contributed by atoms with Crippen molar-refractivity contribution in [2.45, 2.75) is 58.7 Å². The summed E-state index contributed by atoms with van der Waals surface area (Å²) in [6, 6.07) is 4.46. The van der Waals surface area contributed by atoms with E-state index in [2.05, 4.69) is 24.1 Å². The Labute approximate surface area is 121 Å². The maximum absolute atomic E-state index is 5.90. The van der Waals surface area contributed by atoms with Crippen LogP contribution in [0.2, 0.25) is 0 Å². The van der Waals surface area contributed by atoms with Gasteiger partial charge in [0.15, 0.2) is 0 Å². The highest BCUT2D eigenvalue weighted by Crippen LogP contribution is 2.19. The standard InChI is InChI=1S/C16H26N2O2/c1-12(2)17-11-15-16(7-6-13(3)18-15)20-10-8-14-5-4-9-19-14/h6-7,12,14,17H,4-5,8-11H2,1-3H3. The molecule has 1 aromatic rings. The van der Waals surface area contributed by atoms with Crippen LogP contribution < -0.4 is 10.1 Å². The minimum absolute atomic E-state index is 0.380. The molecule has 1 atom stereocenters. The van der Waals surface area contributed by atoms with Crippen LogP contribution in [0, 0.1) is 6.92 Å². The predicted molar refractivity (Wildman–Crippen MR) is 80.0 cm³/mol. The Morgan fingerprint density at radius 1 is 1.45 bits per heavy atom. The zero-order chi connectivity index (χ0) is 14.4. The van der Waals surface area contributed by atoms with Crippen LogP contribution >= 0.6 is 0 Å². The summed E-state index contributed by atoms with van der Waals surface area (Å²) in [5, 5.41) is 3.39. The van der Waals surface area contributed by atoms with Crippen molar-refractivity contribution in [3.05, 3.63) is 23.5 Å². The van der Waals surface area contributed by atoms with Crippen LogP contribution in [0.1, 0.15) is 44.5 Å². The van der Waals surface area contributed by atoms with Crippen LogP contribution in [0.3, 0.4) is 0 Å². The molecule has 0 saturated carbocycles. The summed E-state index contributed by atoms with van der Waals surface area (Å²) in [7, 11) is 0. The summed E-state index contributed by atoms with van der Waals surface area (Å²) >= 11 is 0. The van der Waals surface area contributed by atoms with E-state index in [-0.39, 0.29) is 0 Å². The van der Waals surface area contributed by atoms with E-state index in [1.807, 2.05) is 19.1 Å². The molecule has 1 aromatic heterocycles. The van der Waals surface area contributed by atoms with E-state index in [4.69, 9.17) is 9.47 Å². The summed E-state index contributed by atoms with van der Waals surface area (Å²) in [4.78, 5) is 4.58. The van der Waals surface area contributed by atoms with E-state index in [1.54, 1.807) is 0 Å². The molecule has 0 radical (unpaired) electrons. The van der Waals surface area contributed by atoms with Crippen molar-refractivity contribution in [2.24, 2.45) is 0 Å². The van der Waals surface area contributed by atoms with Gasteiger partial charge in [0.05, 0.1) is 18.4 Å². The fraction of sp³-hybridized carbons (Fsp3) is 0.688. The summed E-state index contributed by atoms with van der Waals surface area (Å²) in [5.41, 5.74) is 2.02. The third kappa shape index (κ3) is 4.76. The molecule has 1 unspecified atom stereocenters. The van der Waals surface area contributed by atoms with Crippen LogP contribution in [-0.4, -0.2) is 30.3 Å². The first-order valence-electron chi connectivity index (χ1n) is 7.59. The van der Waals surface area contributed by atoms with E-state index in [0.717, 1.165) is 43.1 Å². The topological polar surface area (TPSA) is 43.4 Å². The highest BCUT2D eigenvalue weighted by atomic mass is 16.5. The third-order valence-corrected chi connectivity index (χ3v) is 3.47. The van der Waals surface area contributed by atoms with Gasteiger partial charge < -0.3 is 14.8 Å². The van der Waals surface area contributed by atoms with Gasteiger partial charge in [0.2, 0.25) is 0 Å². The maximum Gasteiger partial charge on any atom is 0.142 e. The van der Waals surface area contributed by atoms with Crippen molar-refractivity contribution >= 4 is 0 Å². The van der Waals surface area contributed by atoms with Crippen molar-refractivity contribution < 1.29 is 9.47 Å². The lowest BCUT2D eigenvalue weighted by Crippen LogP contribution is -2.23. The van der Waals surface area contributed by atoms with Crippen LogP contribution in [0.5, 0.6) is 5.75 Å². The second kappa shape index (κ2) is 7.60. The Bertz CT molecular complexity index is 415. The van der Waals surface area contributed by atoms with Gasteiger partial charge in [-0.1, -0.05) is 13.8 Å². The lowest BCUT2D eigenvalue weighted by atomic mass is 10.2. The highest BCUT2D eigenvalue weighted by molar-refractivity contribution is 5.29. The summed E-state index contributed by atoms with van der Waals surface area (Å²) in [6.45, 7) is 8.62. The lowest BCUT2D eigenvalue weighted by Gasteiger charge is -2.15. The van der Waals surface area contributed by atoms with Gasteiger partial charge in [0, 0.05) is 31.3 Å². The minimum Gasteiger partial charge on any atom is -0.492 e. The van der Waals surface area contributed by atoms with E-state index in [9.17, 15) is 0 Å². The van der Waals surface area contributed by atoms with E-state index >= 15 is 0 Å². The number of ether oxygens (including phenoxy) is 2. The summed E-state index contributed by atoms with van der Waals surface area (Å²) < 4.78 is 11.5. The predicted octanol–water partition coefficient (Wildman–Crippen LogP) is 2.84. The first-order valence-corrected chi connectivity index (χ1v) is 7.59. The number of nitrogens with zero attached hydrogens (tertiary/aromatic N) is 1. The van der Waals surface area contributed by atoms with Crippen molar-refractivity contribution in [1.29, 1.82) is 0 Å². The average molecular weight is 278 g/mol. The molecule has 1 fully saturated rings. The lowest BCUT2D eigenvalue weighted by molar-refractivity contribution is 0.0901. The molecule has 0 aromatic carbocycles. The Morgan fingerprint density at radius 2 is 2.30 bits per heavy atom. The SMILES string of the molecule is Cc1ccc(OCCC2CCCO2)c(CNC(C)C)n1. The van der Waals surface area contributed by atoms with Gasteiger partial charge in [0.1, 0.15) is 5.75 Å². The van der Waals surface area contributed by atoms with Gasteiger partial charge in [-0.25, -0.2) is 0 Å². The van der Waals surface area contributed by atoms with Crippen molar-refractivity contribution in [1.82, 2.24) is 10.3 Å². The number of nitrogens with one attached hydrogen (secondary N) is 1. The normalized spacial score (nSPS) is 18.7. The van der Waals surface area contributed by atoms with Crippen LogP contribution in [0.15, 0.2) is 12.1 Å². The van der Waals surface area contributed by atoms with E-state index in [0.29, 0.717) is 18.8 Å². The van der Waals surface area contributed by atoms with Gasteiger partial charge in [-0.15, -0.1) is 0 Å². The Kier molecular flexibility index (Phi) is 5.80. The minimum atomic E-state index is 0.380. The molecule has 4 nitrogen and oxygen atoms in total. The molecule has 0 aliphatic carbocycles. The second-order valence-corrected chi connectivity index (χ2v) is 5.71. The van der Waals surface area contributed by atoms with Gasteiger partial charge in [0.25, 0.3) is 0 Å². The number of rotatable bonds is 7. The molecule has 0 bridgehead atoms. The fourth-order valence-electron chi connectivity index (χ4n) is 2.33. The molecular formula is C16H26N2O2. The van der Waals surface area contributed by atoms with Crippen molar-refractivity contribution in [3.63, 3.8) is 0 Å². The molecule has 20 heavy (non-hydrogen) atoms. The molecule has 1 aliphatic rings. The largest absolute Gasteiger partial charge is 0.492 e. The monoisotopic (exact) mass is 278 g/mol. The molecule has 0 spiro atoms. The number of pyridine rings is 1. The molecule has 2 heterocycles. The van der Waals surface area contributed by atoms with E-state index < -0.39 is 0 Å². The van der Waals surface area contributed by atoms with Gasteiger partial charge >= 0.3 is 0 Å². The third-order valence-electron chi connectivity index (χ3n) is 3.47. The molecular weight excluding hydrogens is 252 g/mol. The van der Waals surface area contributed by atoms with Crippen LogP contribution in [-0.2, 0) is 11.3 Å². The maximum atomic E-state index is 5.90. The van der Waals surface area contributed by atoms with Crippen molar-refractivity contribution in [2.75, 3.05) is 13.2 Å². The molecule has 1 N–H and O–H groups in total. The number of aryl methyl sites for hydroxylation is 1. The second-order valence-electron chi connectivity index (χ2n) is 5.71. The van der Waals surface area contributed by atoms with Gasteiger partial charge in [-0.3, -0.25) is 4.98 Å². The number of aromatic nitrogens is 1. The molecule has 0 amide bonds. The van der Waals surface area contributed by atoms with Gasteiger partial charge in [-0.05, 0) is 31.9 Å².